The SMILES string of the molecule is CCOC(=O)c1ccc(NC(=O)Nc2nc3ccccc3n2Cc2ccccc2)cc1. The van der Waals surface area contributed by atoms with E-state index in [1.807, 2.05) is 59.2 Å². The lowest BCUT2D eigenvalue weighted by Gasteiger charge is -2.11. The number of nitrogens with one attached hydrogen (secondary N) is 2. The van der Waals surface area contributed by atoms with Gasteiger partial charge in [-0.05, 0) is 48.9 Å². The average molecular weight is 414 g/mol. The first-order valence-electron chi connectivity index (χ1n) is 9.98. The van der Waals surface area contributed by atoms with Gasteiger partial charge in [-0.1, -0.05) is 42.5 Å². The topological polar surface area (TPSA) is 85.2 Å². The number of esters is 1. The zero-order valence-electron chi connectivity index (χ0n) is 17.0. The number of ether oxygens (including phenoxy) is 1. The van der Waals surface area contributed by atoms with Gasteiger partial charge in [-0.15, -0.1) is 0 Å². The summed E-state index contributed by atoms with van der Waals surface area (Å²) < 4.78 is 6.94. The molecule has 0 aliphatic rings. The molecule has 0 unspecified atom stereocenters. The maximum absolute atomic E-state index is 12.6. The Morgan fingerprint density at radius 1 is 0.903 bits per heavy atom. The number of anilines is 2. The summed E-state index contributed by atoms with van der Waals surface area (Å²) >= 11 is 0. The van der Waals surface area contributed by atoms with Crippen molar-refractivity contribution in [3.63, 3.8) is 0 Å². The highest BCUT2D eigenvalue weighted by Crippen LogP contribution is 2.21. The van der Waals surface area contributed by atoms with Gasteiger partial charge >= 0.3 is 12.0 Å². The minimum Gasteiger partial charge on any atom is -0.462 e. The molecular formula is C24H22N4O3. The molecule has 156 valence electrons. The van der Waals surface area contributed by atoms with Gasteiger partial charge in [0.2, 0.25) is 5.95 Å². The Morgan fingerprint density at radius 2 is 1.61 bits per heavy atom. The molecule has 0 aliphatic heterocycles. The van der Waals surface area contributed by atoms with Crippen molar-refractivity contribution in [2.24, 2.45) is 0 Å². The van der Waals surface area contributed by atoms with Gasteiger partial charge in [-0.2, -0.15) is 0 Å². The van der Waals surface area contributed by atoms with Gasteiger partial charge < -0.3 is 14.6 Å². The van der Waals surface area contributed by atoms with Crippen molar-refractivity contribution < 1.29 is 14.3 Å². The largest absolute Gasteiger partial charge is 0.462 e. The van der Waals surface area contributed by atoms with E-state index in [0.29, 0.717) is 30.4 Å². The molecule has 0 radical (unpaired) electrons. The van der Waals surface area contributed by atoms with Gasteiger partial charge in [0.05, 0.1) is 29.7 Å². The number of carbonyl (C=O) groups excluding carboxylic acids is 2. The molecule has 0 aliphatic carbocycles. The lowest BCUT2D eigenvalue weighted by Crippen LogP contribution is -2.22. The lowest BCUT2D eigenvalue weighted by molar-refractivity contribution is 0.0526. The van der Waals surface area contributed by atoms with Crippen LogP contribution in [-0.2, 0) is 11.3 Å². The number of nitrogens with zero attached hydrogens (tertiary/aromatic N) is 2. The number of para-hydroxylation sites is 2. The molecule has 1 aromatic heterocycles. The van der Waals surface area contributed by atoms with Crippen molar-refractivity contribution in [1.82, 2.24) is 9.55 Å². The number of imidazole rings is 1. The van der Waals surface area contributed by atoms with Gasteiger partial charge in [0.25, 0.3) is 0 Å². The highest BCUT2D eigenvalue weighted by atomic mass is 16.5. The van der Waals surface area contributed by atoms with E-state index in [4.69, 9.17) is 4.74 Å². The third-order valence-electron chi connectivity index (χ3n) is 4.72. The van der Waals surface area contributed by atoms with E-state index < -0.39 is 12.0 Å². The van der Waals surface area contributed by atoms with Crippen LogP contribution < -0.4 is 10.6 Å². The first-order valence-corrected chi connectivity index (χ1v) is 9.98. The van der Waals surface area contributed by atoms with Crippen LogP contribution >= 0.6 is 0 Å². The molecule has 0 saturated carbocycles. The molecule has 0 fully saturated rings. The summed E-state index contributed by atoms with van der Waals surface area (Å²) in [6.45, 7) is 2.64. The van der Waals surface area contributed by atoms with Gasteiger partial charge in [0.15, 0.2) is 0 Å². The predicted molar refractivity (Wildman–Crippen MR) is 120 cm³/mol. The molecule has 0 atom stereocenters. The minimum atomic E-state index is -0.423. The van der Waals surface area contributed by atoms with E-state index in [-0.39, 0.29) is 0 Å². The molecule has 0 saturated heterocycles. The Hall–Kier alpha value is -4.13. The summed E-state index contributed by atoms with van der Waals surface area (Å²) in [5, 5.41) is 5.61. The van der Waals surface area contributed by atoms with Crippen molar-refractivity contribution in [3.8, 4) is 0 Å². The maximum Gasteiger partial charge on any atom is 0.338 e. The molecule has 0 spiro atoms. The van der Waals surface area contributed by atoms with Crippen LogP contribution in [0.4, 0.5) is 16.4 Å². The molecule has 2 amide bonds. The van der Waals surface area contributed by atoms with Gasteiger partial charge in [0, 0.05) is 5.69 Å². The Balaban J connectivity index is 1.52. The average Bonchev–Trinajstić information content (AvgIpc) is 3.12. The number of benzene rings is 3. The monoisotopic (exact) mass is 414 g/mol. The fraction of sp³-hybridized carbons (Fsp3) is 0.125. The molecule has 0 bridgehead atoms. The van der Waals surface area contributed by atoms with E-state index in [1.54, 1.807) is 31.2 Å². The van der Waals surface area contributed by atoms with Crippen molar-refractivity contribution in [2.75, 3.05) is 17.2 Å². The van der Waals surface area contributed by atoms with Crippen LogP contribution in [0, 0.1) is 0 Å². The second-order valence-corrected chi connectivity index (χ2v) is 6.87. The van der Waals surface area contributed by atoms with E-state index in [2.05, 4.69) is 15.6 Å². The number of aromatic nitrogens is 2. The quantitative estimate of drug-likeness (QED) is 0.439. The van der Waals surface area contributed by atoms with Crippen LogP contribution in [-0.4, -0.2) is 28.2 Å². The van der Waals surface area contributed by atoms with Crippen molar-refractivity contribution in [2.45, 2.75) is 13.5 Å². The Morgan fingerprint density at radius 3 is 2.35 bits per heavy atom. The number of urea groups is 1. The van der Waals surface area contributed by atoms with Gasteiger partial charge in [-0.25, -0.2) is 14.6 Å². The number of hydrogen-bond acceptors (Lipinski definition) is 4. The molecule has 3 aromatic carbocycles. The fourth-order valence-corrected chi connectivity index (χ4v) is 3.26. The van der Waals surface area contributed by atoms with Gasteiger partial charge in [-0.3, -0.25) is 5.32 Å². The molecule has 31 heavy (non-hydrogen) atoms. The van der Waals surface area contributed by atoms with E-state index in [1.165, 1.54) is 0 Å². The second-order valence-electron chi connectivity index (χ2n) is 6.87. The molecule has 1 heterocycles. The van der Waals surface area contributed by atoms with Crippen LogP contribution in [0.1, 0.15) is 22.8 Å². The minimum absolute atomic E-state index is 0.311. The number of fused-ring (bicyclic) bond motifs is 1. The van der Waals surface area contributed by atoms with Crippen LogP contribution in [0.2, 0.25) is 0 Å². The van der Waals surface area contributed by atoms with Crippen LogP contribution in [0.15, 0.2) is 78.9 Å². The number of amides is 2. The third-order valence-corrected chi connectivity index (χ3v) is 4.72. The molecule has 2 N–H and O–H groups in total. The number of carbonyl (C=O) groups is 2. The maximum atomic E-state index is 12.6. The zero-order chi connectivity index (χ0) is 21.6. The van der Waals surface area contributed by atoms with Gasteiger partial charge in [0.1, 0.15) is 0 Å². The Labute approximate surface area is 179 Å². The normalized spacial score (nSPS) is 10.6. The highest BCUT2D eigenvalue weighted by Gasteiger charge is 2.14. The first kappa shape index (κ1) is 20.2. The standard InChI is InChI=1S/C24H22N4O3/c1-2-31-22(29)18-12-14-19(15-13-18)25-24(30)27-23-26-20-10-6-7-11-21(20)28(23)16-17-8-4-3-5-9-17/h3-15H,2,16H2,1H3,(H2,25,26,27,30). The molecular weight excluding hydrogens is 392 g/mol. The molecule has 4 aromatic rings. The molecule has 7 nitrogen and oxygen atoms in total. The summed E-state index contributed by atoms with van der Waals surface area (Å²) in [5.74, 6) is 0.0545. The van der Waals surface area contributed by atoms with Crippen molar-refractivity contribution >= 4 is 34.7 Å². The fourth-order valence-electron chi connectivity index (χ4n) is 3.26. The smallest absolute Gasteiger partial charge is 0.338 e. The Bertz CT molecular complexity index is 1200. The zero-order valence-corrected chi connectivity index (χ0v) is 17.0. The second kappa shape index (κ2) is 9.13. The summed E-state index contributed by atoms with van der Waals surface area (Å²) in [4.78, 5) is 29.0. The Kier molecular flexibility index (Phi) is 5.93. The molecule has 4 rings (SSSR count). The first-order chi connectivity index (χ1) is 15.1. The molecule has 7 heteroatoms. The summed E-state index contributed by atoms with van der Waals surface area (Å²) in [5.41, 5.74) is 3.81. The lowest BCUT2D eigenvalue weighted by atomic mass is 10.2. The van der Waals surface area contributed by atoms with Crippen LogP contribution in [0.5, 0.6) is 0 Å². The third kappa shape index (κ3) is 4.72. The van der Waals surface area contributed by atoms with E-state index in [0.717, 1.165) is 16.6 Å². The van der Waals surface area contributed by atoms with Crippen molar-refractivity contribution in [1.29, 1.82) is 0 Å². The highest BCUT2D eigenvalue weighted by molar-refractivity contribution is 6.00. The summed E-state index contributed by atoms with van der Waals surface area (Å²) in [6.07, 6.45) is 0. The van der Waals surface area contributed by atoms with Crippen LogP contribution in [0.25, 0.3) is 11.0 Å². The van der Waals surface area contributed by atoms with E-state index in [9.17, 15) is 9.59 Å². The number of hydrogen-bond donors (Lipinski definition) is 2. The number of rotatable bonds is 6. The van der Waals surface area contributed by atoms with Crippen LogP contribution in [0.3, 0.4) is 0 Å². The van der Waals surface area contributed by atoms with Crippen molar-refractivity contribution in [3.05, 3.63) is 90.0 Å². The predicted octanol–water partition coefficient (Wildman–Crippen LogP) is 4.91. The summed E-state index contributed by atoms with van der Waals surface area (Å²) in [7, 11) is 0. The summed E-state index contributed by atoms with van der Waals surface area (Å²) in [6, 6.07) is 23.8. The van der Waals surface area contributed by atoms with E-state index >= 15 is 0 Å².